The number of carbonyl (C=O) groups is 13. The van der Waals surface area contributed by atoms with Crippen LogP contribution in [0.15, 0.2) is 54.6 Å². The summed E-state index contributed by atoms with van der Waals surface area (Å²) in [6.07, 6.45) is 0.0164. The standard InChI is InChI=1S/C74H114FN13O18/c1-18-46(8)65(86(14)71(98)63(44(4)5)82-70(97)64(45(6)7)83(10)11)57(103-16)39-61(93)88-41-51(38-54(88)66(104-17)47(9)67(94)78-40-55(89)49-27-30-56(102-15)52(75)37-49)106-74(101)85(13)36-35-84(12)73(100)105-42-48-25-28-50(29-26-48)79-68(95)53(23-22-33-77-72(76)99)80-69(96)62(43(2)3)81-58(90)24-20-19-21-34-87-59(91)31-32-60(87)92/h25-32,37,43-47,51,53-54,57,62-66H,18-24,33-36,38-42H2,1-17H3,(H,78,94)(H,79,95)(H,80,96)(H,81,90)(H,82,97)(H3,76,77,99)/t46-,47+,51-,53?,54-,57+,62-,63-,64-,65?,66+/m0/s1. The number of halogens is 1. The van der Waals surface area contributed by atoms with E-state index in [0.29, 0.717) is 36.9 Å². The van der Waals surface area contributed by atoms with Gasteiger partial charge in [-0.05, 0) is 99.3 Å². The molecule has 13 amide bonds. The summed E-state index contributed by atoms with van der Waals surface area (Å²) in [7, 11) is 12.2. The molecule has 31 nitrogen and oxygen atoms in total. The highest BCUT2D eigenvalue weighted by Gasteiger charge is 2.47. The Morgan fingerprint density at radius 1 is 0.698 bits per heavy atom. The van der Waals surface area contributed by atoms with Gasteiger partial charge in [0, 0.05) is 97.8 Å². The van der Waals surface area contributed by atoms with E-state index in [9.17, 15) is 61.9 Å². The quantitative estimate of drug-likeness (QED) is 0.0271. The number of hydrogen-bond acceptors (Lipinski definition) is 19. The highest BCUT2D eigenvalue weighted by Crippen LogP contribution is 2.32. The van der Waals surface area contributed by atoms with Gasteiger partial charge in [-0.15, -0.1) is 0 Å². The average molecular weight is 1490 g/mol. The normalized spacial score (nSPS) is 16.8. The number of likely N-dealkylation sites (N-methyl/N-ethyl adjacent to an activating group) is 4. The molecule has 2 aliphatic rings. The Balaban J connectivity index is 1.44. The van der Waals surface area contributed by atoms with E-state index >= 15 is 4.79 Å². The number of methoxy groups -OCH3 is 3. The highest BCUT2D eigenvalue weighted by molar-refractivity contribution is 6.13. The summed E-state index contributed by atoms with van der Waals surface area (Å²) in [4.78, 5) is 182. The first-order valence-corrected chi connectivity index (χ1v) is 36.1. The summed E-state index contributed by atoms with van der Waals surface area (Å²) < 4.78 is 43.3. The van der Waals surface area contributed by atoms with Crippen LogP contribution in [-0.4, -0.2) is 257 Å². The van der Waals surface area contributed by atoms with Crippen molar-refractivity contribution in [2.75, 3.05) is 101 Å². The maximum atomic E-state index is 15.1. The molecule has 2 unspecified atom stereocenters. The van der Waals surface area contributed by atoms with E-state index in [1.807, 2.05) is 41.5 Å². The number of unbranched alkanes of at least 4 members (excludes halogenated alkanes) is 2. The summed E-state index contributed by atoms with van der Waals surface area (Å²) in [5, 5.41) is 16.3. The Kier molecular flexibility index (Phi) is 36.4. The number of ketones is 1. The molecule has 0 bridgehead atoms. The highest BCUT2D eigenvalue weighted by atomic mass is 19.1. The van der Waals surface area contributed by atoms with Crippen molar-refractivity contribution in [1.29, 1.82) is 0 Å². The molecule has 0 saturated carbocycles. The lowest BCUT2D eigenvalue weighted by molar-refractivity contribution is -0.148. The van der Waals surface area contributed by atoms with Crippen LogP contribution < -0.4 is 42.4 Å². The minimum atomic E-state index is -1.13. The molecular weight excluding hydrogens is 1380 g/mol. The van der Waals surface area contributed by atoms with Gasteiger partial charge in [0.25, 0.3) is 11.8 Å². The zero-order chi connectivity index (χ0) is 79.4. The molecule has 2 aromatic rings. The van der Waals surface area contributed by atoms with E-state index in [4.69, 9.17) is 29.4 Å². The van der Waals surface area contributed by atoms with Crippen LogP contribution in [0.1, 0.15) is 136 Å². The van der Waals surface area contributed by atoms with Crippen LogP contribution in [0.4, 0.5) is 24.5 Å². The molecule has 1 saturated heterocycles. The van der Waals surface area contributed by atoms with Gasteiger partial charge in [-0.2, -0.15) is 0 Å². The molecule has 0 aliphatic carbocycles. The van der Waals surface area contributed by atoms with Crippen LogP contribution in [0.25, 0.3) is 0 Å². The summed E-state index contributed by atoms with van der Waals surface area (Å²) in [5.41, 5.74) is 6.09. The lowest BCUT2D eigenvalue weighted by atomic mass is 9.89. The number of imide groups is 1. The predicted molar refractivity (Wildman–Crippen MR) is 392 cm³/mol. The second-order valence-electron chi connectivity index (χ2n) is 28.4. The molecule has 11 atom stereocenters. The number of carbonyl (C=O) groups excluding carboxylic acids is 13. The molecule has 2 heterocycles. The molecule has 106 heavy (non-hydrogen) atoms. The summed E-state index contributed by atoms with van der Waals surface area (Å²) >= 11 is 0. The number of anilines is 1. The number of amides is 13. The summed E-state index contributed by atoms with van der Waals surface area (Å²) in [6.45, 7) is 15.8. The van der Waals surface area contributed by atoms with Crippen LogP contribution in [0, 0.1) is 35.4 Å². The first-order valence-electron chi connectivity index (χ1n) is 36.1. The zero-order valence-corrected chi connectivity index (χ0v) is 64.6. The Morgan fingerprint density at radius 2 is 1.33 bits per heavy atom. The topological polar surface area (TPSA) is 386 Å². The van der Waals surface area contributed by atoms with Gasteiger partial charge in [0.1, 0.15) is 30.8 Å². The fraction of sp³-hybridized carbons (Fsp3) is 0.635. The van der Waals surface area contributed by atoms with E-state index in [-0.39, 0.29) is 130 Å². The fourth-order valence-electron chi connectivity index (χ4n) is 12.8. The van der Waals surface area contributed by atoms with Crippen LogP contribution in [0.3, 0.4) is 0 Å². The van der Waals surface area contributed by atoms with E-state index in [1.54, 1.807) is 71.1 Å². The van der Waals surface area contributed by atoms with Crippen molar-refractivity contribution in [3.8, 4) is 5.75 Å². The number of benzene rings is 2. The Hall–Kier alpha value is -9.30. The zero-order valence-electron chi connectivity index (χ0n) is 64.6. The fourth-order valence-corrected chi connectivity index (χ4v) is 12.8. The summed E-state index contributed by atoms with van der Waals surface area (Å²) in [6, 6.07) is 4.01. The van der Waals surface area contributed by atoms with E-state index in [1.165, 1.54) is 79.3 Å². The number of nitrogens with one attached hydrogen (secondary N) is 6. The van der Waals surface area contributed by atoms with Crippen molar-refractivity contribution < 1.29 is 90.4 Å². The second-order valence-corrected chi connectivity index (χ2v) is 28.4. The molecule has 4 rings (SSSR count). The smallest absolute Gasteiger partial charge is 0.409 e. The number of hydrogen-bond donors (Lipinski definition) is 7. The van der Waals surface area contributed by atoms with Gasteiger partial charge >= 0.3 is 18.2 Å². The molecule has 0 aromatic heterocycles. The van der Waals surface area contributed by atoms with Gasteiger partial charge in [0.2, 0.25) is 41.4 Å². The number of rotatable bonds is 43. The van der Waals surface area contributed by atoms with Crippen LogP contribution in [0.2, 0.25) is 0 Å². The number of urea groups is 1. The van der Waals surface area contributed by atoms with Gasteiger partial charge in [0.15, 0.2) is 17.3 Å². The Labute approximate surface area is 621 Å². The molecule has 0 radical (unpaired) electrons. The Bertz CT molecular complexity index is 3350. The molecule has 1 fully saturated rings. The van der Waals surface area contributed by atoms with Crippen molar-refractivity contribution in [2.24, 2.45) is 35.3 Å². The third kappa shape index (κ3) is 26.6. The first kappa shape index (κ1) is 89.1. The predicted octanol–water partition coefficient (Wildman–Crippen LogP) is 4.59. The number of ether oxygens (including phenoxy) is 5. The van der Waals surface area contributed by atoms with Crippen molar-refractivity contribution in [3.05, 3.63) is 71.6 Å². The molecule has 8 N–H and O–H groups in total. The lowest BCUT2D eigenvalue weighted by Gasteiger charge is -2.41. The van der Waals surface area contributed by atoms with Gasteiger partial charge < -0.3 is 80.9 Å². The molecular formula is C74H114FN13O18. The van der Waals surface area contributed by atoms with Gasteiger partial charge in [-0.25, -0.2) is 18.8 Å². The third-order valence-electron chi connectivity index (χ3n) is 19.1. The number of nitrogens with two attached hydrogens (primary N) is 1. The lowest BCUT2D eigenvalue weighted by Crippen LogP contribution is -2.59. The third-order valence-corrected chi connectivity index (χ3v) is 19.1. The van der Waals surface area contributed by atoms with Crippen LogP contribution >= 0.6 is 0 Å². The largest absolute Gasteiger partial charge is 0.494 e. The monoisotopic (exact) mass is 1490 g/mol. The van der Waals surface area contributed by atoms with Crippen molar-refractivity contribution >= 4 is 82.9 Å². The number of Topliss-reactive ketones (excluding diaryl/α,β-unsaturated/α-hetero) is 1. The molecule has 2 aliphatic heterocycles. The second kappa shape index (κ2) is 43.4. The number of primary amides is 1. The minimum absolute atomic E-state index is 0.0127. The van der Waals surface area contributed by atoms with E-state index < -0.39 is 126 Å². The maximum absolute atomic E-state index is 15.1. The summed E-state index contributed by atoms with van der Waals surface area (Å²) in [5.74, 6) is -7.69. The van der Waals surface area contributed by atoms with Gasteiger partial charge in [-0.3, -0.25) is 57.7 Å². The van der Waals surface area contributed by atoms with E-state index in [0.717, 1.165) is 11.0 Å². The first-order chi connectivity index (χ1) is 50.0. The van der Waals surface area contributed by atoms with Crippen molar-refractivity contribution in [2.45, 2.75) is 181 Å². The Morgan fingerprint density at radius 3 is 1.89 bits per heavy atom. The van der Waals surface area contributed by atoms with E-state index in [2.05, 4.69) is 31.9 Å². The van der Waals surface area contributed by atoms with Crippen molar-refractivity contribution in [1.82, 2.24) is 56.0 Å². The minimum Gasteiger partial charge on any atom is -0.494 e. The van der Waals surface area contributed by atoms with Crippen LogP contribution in [0.5, 0.6) is 5.75 Å². The van der Waals surface area contributed by atoms with Crippen LogP contribution in [-0.2, 0) is 68.7 Å². The maximum Gasteiger partial charge on any atom is 0.409 e. The SMILES string of the molecule is CC[C@H](C)C([C@@H](CC(=O)N1C[C@@H](OC(=O)N(C)CCN(C)C(=O)OCc2ccc(NC(=O)C(CCCNC(N)=O)NC(=O)[C@@H](NC(=O)CCCCCN3C(=O)C=CC3=O)C(C)C)cc2)C[C@H]1[C@H](OC)[C@@H](C)C(=O)NCC(=O)c1ccc(OC)c(F)c1)OC)N(C)C(=O)[C@@H](NC(=O)[C@H](C(C)C)N(C)C)C(C)C. The average Bonchev–Trinajstić information content (AvgIpc) is 1.64. The molecule has 32 heteroatoms. The number of nitrogens with zero attached hydrogens (tertiary/aromatic N) is 6. The van der Waals surface area contributed by atoms with Gasteiger partial charge in [-0.1, -0.05) is 87.3 Å². The van der Waals surface area contributed by atoms with Crippen molar-refractivity contribution in [3.63, 3.8) is 0 Å². The molecule has 0 spiro atoms. The molecule has 590 valence electrons. The number of likely N-dealkylation sites (tertiary alicyclic amines) is 1. The molecule has 2 aromatic carbocycles. The van der Waals surface area contributed by atoms with Gasteiger partial charge in [0.05, 0.1) is 62.9 Å².